The third-order valence-electron chi connectivity index (χ3n) is 6.87. The van der Waals surface area contributed by atoms with E-state index in [9.17, 15) is 24.0 Å². The van der Waals surface area contributed by atoms with Gasteiger partial charge in [-0.2, -0.15) is 0 Å². The van der Waals surface area contributed by atoms with E-state index in [2.05, 4.69) is 36.2 Å². The maximum Gasteiger partial charge on any atom is 0.272 e. The molecule has 0 fully saturated rings. The van der Waals surface area contributed by atoms with Crippen LogP contribution in [0.1, 0.15) is 81.2 Å². The van der Waals surface area contributed by atoms with Gasteiger partial charge in [-0.25, -0.2) is 15.0 Å². The lowest BCUT2D eigenvalue weighted by Gasteiger charge is -2.25. The molecule has 0 saturated carbocycles. The van der Waals surface area contributed by atoms with Crippen LogP contribution in [0.4, 0.5) is 0 Å². The molecule has 43 heavy (non-hydrogen) atoms. The Hall–Kier alpha value is -4.72. The topological polar surface area (TPSA) is 198 Å². The van der Waals surface area contributed by atoms with Gasteiger partial charge in [0.25, 0.3) is 17.7 Å². The quantitative estimate of drug-likeness (QED) is 0.276. The van der Waals surface area contributed by atoms with Crippen LogP contribution >= 0.6 is 11.3 Å². The summed E-state index contributed by atoms with van der Waals surface area (Å²) in [4.78, 5) is 76.3. The summed E-state index contributed by atoms with van der Waals surface area (Å²) in [7, 11) is 0. The summed E-state index contributed by atoms with van der Waals surface area (Å²) in [5.41, 5.74) is 6.05. The summed E-state index contributed by atoms with van der Waals surface area (Å²) in [6.07, 6.45) is 3.80. The van der Waals surface area contributed by atoms with Crippen molar-refractivity contribution in [3.05, 3.63) is 75.8 Å². The summed E-state index contributed by atoms with van der Waals surface area (Å²) in [5.74, 6) is -2.78. The zero-order chi connectivity index (χ0) is 30.9. The van der Waals surface area contributed by atoms with Gasteiger partial charge in [-0.15, -0.1) is 11.3 Å². The standard InChI is InChI=1S/C29H34N8O5S/c1-16(2)23-29-36-22(15-43-29)28(42)35-19(12-17-8-4-3-5-9-17)25(39)31-11-7-6-10-18(26(40)37-23)34-27(41)21-14-32-20(13-33-21)24(30)38/h3-5,8-9,13-16,18-19,23H,6-7,10-12H2,1-2H3,(H2,30,38)(H,31,39)(H,34,41)(H,35,42)(H,37,40)/t18-,19+,23+/m0/s1. The zero-order valence-electron chi connectivity index (χ0n) is 23.8. The molecule has 0 aliphatic carbocycles. The van der Waals surface area contributed by atoms with Gasteiger partial charge in [0, 0.05) is 18.3 Å². The number of benzene rings is 1. The Morgan fingerprint density at radius 2 is 1.74 bits per heavy atom. The Bertz CT molecular complexity index is 1460. The number of nitrogens with one attached hydrogen (secondary N) is 4. The van der Waals surface area contributed by atoms with E-state index in [-0.39, 0.29) is 35.3 Å². The highest BCUT2D eigenvalue weighted by atomic mass is 32.1. The molecule has 0 unspecified atom stereocenters. The van der Waals surface area contributed by atoms with E-state index in [1.165, 1.54) is 11.3 Å². The molecule has 3 atom stereocenters. The molecule has 2 bridgehead atoms. The van der Waals surface area contributed by atoms with Crippen molar-refractivity contribution >= 4 is 40.9 Å². The van der Waals surface area contributed by atoms with Crippen molar-refractivity contribution in [3.63, 3.8) is 0 Å². The summed E-state index contributed by atoms with van der Waals surface area (Å²) >= 11 is 1.22. The van der Waals surface area contributed by atoms with Gasteiger partial charge in [-0.3, -0.25) is 24.0 Å². The van der Waals surface area contributed by atoms with E-state index in [1.807, 2.05) is 44.2 Å². The minimum absolute atomic E-state index is 0.0855. The second-order valence-electron chi connectivity index (χ2n) is 10.5. The van der Waals surface area contributed by atoms with E-state index in [1.54, 1.807) is 5.38 Å². The van der Waals surface area contributed by atoms with Crippen molar-refractivity contribution in [2.45, 2.75) is 57.7 Å². The highest BCUT2D eigenvalue weighted by Crippen LogP contribution is 2.26. The van der Waals surface area contributed by atoms with Crippen LogP contribution in [0, 0.1) is 5.92 Å². The van der Waals surface area contributed by atoms with Gasteiger partial charge in [0.1, 0.15) is 34.2 Å². The fourth-order valence-corrected chi connectivity index (χ4v) is 5.50. The molecule has 1 aliphatic heterocycles. The van der Waals surface area contributed by atoms with E-state index < -0.39 is 41.8 Å². The third kappa shape index (κ3) is 8.41. The molecular formula is C29H34N8O5S. The highest BCUT2D eigenvalue weighted by molar-refractivity contribution is 7.09. The fraction of sp³-hybridized carbons (Fsp3) is 0.379. The lowest BCUT2D eigenvalue weighted by molar-refractivity contribution is -0.124. The average Bonchev–Trinajstić information content (AvgIpc) is 3.48. The number of thiazole rings is 1. The fourth-order valence-electron chi connectivity index (χ4n) is 4.48. The van der Waals surface area contributed by atoms with Crippen LogP contribution in [-0.2, 0) is 16.0 Å². The van der Waals surface area contributed by atoms with Crippen molar-refractivity contribution in [3.8, 4) is 0 Å². The molecule has 1 aliphatic rings. The van der Waals surface area contributed by atoms with Crippen LogP contribution in [0.15, 0.2) is 48.1 Å². The van der Waals surface area contributed by atoms with Gasteiger partial charge in [0.05, 0.1) is 18.4 Å². The van der Waals surface area contributed by atoms with Crippen LogP contribution in [0.25, 0.3) is 0 Å². The molecule has 0 spiro atoms. The number of carbonyl (C=O) groups excluding carboxylic acids is 5. The molecule has 5 amide bonds. The van der Waals surface area contributed by atoms with Crippen molar-refractivity contribution in [2.24, 2.45) is 11.7 Å². The predicted molar refractivity (Wildman–Crippen MR) is 158 cm³/mol. The number of aromatic nitrogens is 3. The normalized spacial score (nSPS) is 20.1. The molecule has 2 aromatic heterocycles. The van der Waals surface area contributed by atoms with Crippen molar-refractivity contribution in [1.82, 2.24) is 36.2 Å². The van der Waals surface area contributed by atoms with Crippen molar-refractivity contribution < 1.29 is 24.0 Å². The molecule has 3 aromatic rings. The van der Waals surface area contributed by atoms with Crippen LogP contribution in [0.5, 0.6) is 0 Å². The maximum atomic E-state index is 13.5. The van der Waals surface area contributed by atoms with Crippen LogP contribution in [0.2, 0.25) is 0 Å². The molecule has 4 rings (SSSR count). The summed E-state index contributed by atoms with van der Waals surface area (Å²) in [6.45, 7) is 4.13. The lowest BCUT2D eigenvalue weighted by Crippen LogP contribution is -2.49. The second kappa shape index (κ2) is 14.4. The molecular weight excluding hydrogens is 572 g/mol. The summed E-state index contributed by atoms with van der Waals surface area (Å²) in [5, 5.41) is 13.5. The molecule has 3 heterocycles. The van der Waals surface area contributed by atoms with Gasteiger partial charge >= 0.3 is 0 Å². The number of rotatable bonds is 6. The van der Waals surface area contributed by atoms with Gasteiger partial charge in [-0.05, 0) is 30.7 Å². The SMILES string of the molecule is CC(C)[C@H]1NC(=O)[C@@H](NC(=O)c2cnc(C(N)=O)cn2)CCCCNC(=O)[C@@H](Cc2ccccc2)NC(=O)c2csc1n2. The van der Waals surface area contributed by atoms with Crippen LogP contribution < -0.4 is 27.0 Å². The Kier molecular flexibility index (Phi) is 10.5. The first kappa shape index (κ1) is 31.2. The summed E-state index contributed by atoms with van der Waals surface area (Å²) in [6, 6.07) is 7.11. The first-order valence-corrected chi connectivity index (χ1v) is 14.8. The Balaban J connectivity index is 1.56. The van der Waals surface area contributed by atoms with Gasteiger partial charge < -0.3 is 27.0 Å². The zero-order valence-corrected chi connectivity index (χ0v) is 24.6. The number of fused-ring (bicyclic) bond motifs is 2. The van der Waals surface area contributed by atoms with Gasteiger partial charge in [-0.1, -0.05) is 44.2 Å². The van der Waals surface area contributed by atoms with Crippen molar-refractivity contribution in [1.29, 1.82) is 0 Å². The number of carbonyl (C=O) groups is 5. The molecule has 0 radical (unpaired) electrons. The van der Waals surface area contributed by atoms with E-state index >= 15 is 0 Å². The highest BCUT2D eigenvalue weighted by Gasteiger charge is 2.30. The molecule has 226 valence electrons. The lowest BCUT2D eigenvalue weighted by atomic mass is 10.0. The van der Waals surface area contributed by atoms with Gasteiger partial charge in [0.2, 0.25) is 11.8 Å². The number of hydrogen-bond acceptors (Lipinski definition) is 9. The predicted octanol–water partition coefficient (Wildman–Crippen LogP) is 1.29. The molecule has 14 heteroatoms. The van der Waals surface area contributed by atoms with Crippen LogP contribution in [0.3, 0.4) is 0 Å². The molecule has 0 saturated heterocycles. The van der Waals surface area contributed by atoms with Crippen LogP contribution in [-0.4, -0.2) is 63.1 Å². The Morgan fingerprint density at radius 1 is 1.02 bits per heavy atom. The second-order valence-corrected chi connectivity index (χ2v) is 11.4. The average molecular weight is 607 g/mol. The molecule has 1 aromatic carbocycles. The minimum atomic E-state index is -0.941. The largest absolute Gasteiger partial charge is 0.364 e. The van der Waals surface area contributed by atoms with Crippen molar-refractivity contribution in [2.75, 3.05) is 6.54 Å². The Labute approximate surface area is 252 Å². The monoisotopic (exact) mass is 606 g/mol. The number of nitrogens with zero attached hydrogens (tertiary/aromatic N) is 3. The molecule has 13 nitrogen and oxygen atoms in total. The first-order valence-electron chi connectivity index (χ1n) is 13.9. The van der Waals surface area contributed by atoms with E-state index in [0.717, 1.165) is 18.0 Å². The Morgan fingerprint density at radius 3 is 2.42 bits per heavy atom. The first-order chi connectivity index (χ1) is 20.6. The number of primary amides is 1. The van der Waals surface area contributed by atoms with E-state index in [4.69, 9.17) is 5.73 Å². The summed E-state index contributed by atoms with van der Waals surface area (Å²) < 4.78 is 0. The van der Waals surface area contributed by atoms with E-state index in [0.29, 0.717) is 30.8 Å². The minimum Gasteiger partial charge on any atom is -0.364 e. The molecule has 6 N–H and O–H groups in total. The number of amides is 5. The van der Waals surface area contributed by atoms with Gasteiger partial charge in [0.15, 0.2) is 0 Å². The number of nitrogens with two attached hydrogens (primary N) is 1. The number of hydrogen-bond donors (Lipinski definition) is 5. The smallest absolute Gasteiger partial charge is 0.272 e. The third-order valence-corrected chi connectivity index (χ3v) is 7.79. The maximum absolute atomic E-state index is 13.5.